The van der Waals surface area contributed by atoms with Crippen LogP contribution in [0.3, 0.4) is 0 Å². The molecule has 0 aliphatic carbocycles. The van der Waals surface area contributed by atoms with Gasteiger partial charge in [-0.15, -0.1) is 0 Å². The van der Waals surface area contributed by atoms with E-state index in [0.29, 0.717) is 6.54 Å². The standard InChI is InChI=1S/C12H21NO3/c1-5-9-6-7-13(8-10(9)14)11(15)16-12(2,3)4/h9H,5-8H2,1-4H3/t9-/m1/s1. The van der Waals surface area contributed by atoms with Gasteiger partial charge in [0.15, 0.2) is 5.78 Å². The molecule has 1 amide bonds. The number of piperidine rings is 1. The summed E-state index contributed by atoms with van der Waals surface area (Å²) in [5, 5.41) is 0. The quantitative estimate of drug-likeness (QED) is 0.690. The lowest BCUT2D eigenvalue weighted by Crippen LogP contribution is -2.46. The number of Topliss-reactive ketones (excluding diaryl/α,β-unsaturated/α-hetero) is 1. The fourth-order valence-electron chi connectivity index (χ4n) is 1.78. The first kappa shape index (κ1) is 13.0. The summed E-state index contributed by atoms with van der Waals surface area (Å²) in [5.41, 5.74) is -0.498. The van der Waals surface area contributed by atoms with E-state index in [0.717, 1.165) is 12.8 Å². The molecule has 0 bridgehead atoms. The Morgan fingerprint density at radius 2 is 2.12 bits per heavy atom. The van der Waals surface area contributed by atoms with Gasteiger partial charge in [0, 0.05) is 12.5 Å². The molecule has 1 saturated heterocycles. The van der Waals surface area contributed by atoms with Crippen LogP contribution in [0.5, 0.6) is 0 Å². The van der Waals surface area contributed by atoms with Crippen LogP contribution in [0.15, 0.2) is 0 Å². The Morgan fingerprint density at radius 3 is 2.56 bits per heavy atom. The topological polar surface area (TPSA) is 46.6 Å². The number of hydrogen-bond acceptors (Lipinski definition) is 3. The van der Waals surface area contributed by atoms with Gasteiger partial charge in [-0.25, -0.2) is 4.79 Å². The molecule has 0 radical (unpaired) electrons. The Labute approximate surface area is 96.9 Å². The number of nitrogens with zero attached hydrogens (tertiary/aromatic N) is 1. The molecule has 1 heterocycles. The molecule has 4 heteroatoms. The predicted molar refractivity (Wildman–Crippen MR) is 61.2 cm³/mol. The highest BCUT2D eigenvalue weighted by atomic mass is 16.6. The van der Waals surface area contributed by atoms with Crippen LogP contribution in [-0.2, 0) is 9.53 Å². The highest BCUT2D eigenvalue weighted by molar-refractivity contribution is 5.87. The number of hydrogen-bond donors (Lipinski definition) is 0. The molecule has 0 spiro atoms. The second kappa shape index (κ2) is 4.85. The molecule has 0 N–H and O–H groups in total. The maximum atomic E-state index is 11.7. The fraction of sp³-hybridized carbons (Fsp3) is 0.833. The molecule has 1 atom stereocenters. The zero-order valence-electron chi connectivity index (χ0n) is 10.6. The van der Waals surface area contributed by atoms with Crippen LogP contribution in [0, 0.1) is 5.92 Å². The van der Waals surface area contributed by atoms with Crippen molar-refractivity contribution in [1.82, 2.24) is 4.90 Å². The Hall–Kier alpha value is -1.06. The molecule has 4 nitrogen and oxygen atoms in total. The summed E-state index contributed by atoms with van der Waals surface area (Å²) < 4.78 is 5.23. The average molecular weight is 227 g/mol. The maximum absolute atomic E-state index is 11.7. The van der Waals surface area contributed by atoms with E-state index < -0.39 is 5.60 Å². The first-order chi connectivity index (χ1) is 7.33. The molecular weight excluding hydrogens is 206 g/mol. The molecule has 0 aromatic carbocycles. The van der Waals surface area contributed by atoms with Crippen molar-refractivity contribution in [2.45, 2.75) is 46.1 Å². The molecule has 1 fully saturated rings. The van der Waals surface area contributed by atoms with Crippen LogP contribution in [0.2, 0.25) is 0 Å². The lowest BCUT2D eigenvalue weighted by atomic mass is 9.93. The highest BCUT2D eigenvalue weighted by Crippen LogP contribution is 2.19. The van der Waals surface area contributed by atoms with Crippen LogP contribution in [0.25, 0.3) is 0 Å². The average Bonchev–Trinajstić information content (AvgIpc) is 2.15. The van der Waals surface area contributed by atoms with Crippen molar-refractivity contribution in [3.63, 3.8) is 0 Å². The largest absolute Gasteiger partial charge is 0.444 e. The molecule has 92 valence electrons. The summed E-state index contributed by atoms with van der Waals surface area (Å²) in [6.45, 7) is 8.31. The number of carbonyl (C=O) groups excluding carboxylic acids is 2. The van der Waals surface area contributed by atoms with Crippen LogP contribution in [0.1, 0.15) is 40.5 Å². The third-order valence-corrected chi connectivity index (χ3v) is 2.69. The number of ketones is 1. The summed E-state index contributed by atoms with van der Waals surface area (Å²) in [6.07, 6.45) is 1.24. The molecule has 0 saturated carbocycles. The van der Waals surface area contributed by atoms with Crippen LogP contribution >= 0.6 is 0 Å². The van der Waals surface area contributed by atoms with E-state index in [1.807, 2.05) is 27.7 Å². The van der Waals surface area contributed by atoms with Crippen LogP contribution < -0.4 is 0 Å². The second-order valence-corrected chi connectivity index (χ2v) is 5.26. The normalized spacial score (nSPS) is 22.1. The van der Waals surface area contributed by atoms with Gasteiger partial charge < -0.3 is 9.64 Å². The van der Waals surface area contributed by atoms with E-state index in [4.69, 9.17) is 4.74 Å². The SMILES string of the molecule is CC[C@@H]1CCN(C(=O)OC(C)(C)C)CC1=O. The lowest BCUT2D eigenvalue weighted by Gasteiger charge is -2.32. The maximum Gasteiger partial charge on any atom is 0.410 e. The van der Waals surface area contributed by atoms with Crippen molar-refractivity contribution >= 4 is 11.9 Å². The third kappa shape index (κ3) is 3.51. The van der Waals surface area contributed by atoms with Gasteiger partial charge in [0.1, 0.15) is 5.60 Å². The summed E-state index contributed by atoms with van der Waals surface area (Å²) in [6, 6.07) is 0. The molecule has 1 aliphatic rings. The molecule has 0 unspecified atom stereocenters. The zero-order chi connectivity index (χ0) is 12.3. The van der Waals surface area contributed by atoms with Gasteiger partial charge in [-0.05, 0) is 33.6 Å². The second-order valence-electron chi connectivity index (χ2n) is 5.26. The first-order valence-electron chi connectivity index (χ1n) is 5.84. The Kier molecular flexibility index (Phi) is 3.94. The van der Waals surface area contributed by atoms with E-state index in [1.54, 1.807) is 0 Å². The summed E-state index contributed by atoms with van der Waals surface area (Å²) in [7, 11) is 0. The molecule has 16 heavy (non-hydrogen) atoms. The molecule has 1 aliphatic heterocycles. The van der Waals surface area contributed by atoms with E-state index >= 15 is 0 Å². The number of carbonyl (C=O) groups is 2. The number of ether oxygens (including phenoxy) is 1. The minimum atomic E-state index is -0.498. The minimum absolute atomic E-state index is 0.124. The summed E-state index contributed by atoms with van der Waals surface area (Å²) in [4.78, 5) is 24.9. The fourth-order valence-corrected chi connectivity index (χ4v) is 1.78. The highest BCUT2D eigenvalue weighted by Gasteiger charge is 2.30. The molecule has 0 aromatic rings. The van der Waals surface area contributed by atoms with Gasteiger partial charge >= 0.3 is 6.09 Å². The van der Waals surface area contributed by atoms with Gasteiger partial charge in [-0.2, -0.15) is 0 Å². The van der Waals surface area contributed by atoms with E-state index in [9.17, 15) is 9.59 Å². The lowest BCUT2D eigenvalue weighted by molar-refractivity contribution is -0.126. The number of likely N-dealkylation sites (tertiary alicyclic amines) is 1. The van der Waals surface area contributed by atoms with Gasteiger partial charge in [0.2, 0.25) is 0 Å². The van der Waals surface area contributed by atoms with Crippen molar-refractivity contribution in [1.29, 1.82) is 0 Å². The van der Waals surface area contributed by atoms with Crippen LogP contribution in [0.4, 0.5) is 4.79 Å². The van der Waals surface area contributed by atoms with Crippen molar-refractivity contribution in [2.75, 3.05) is 13.1 Å². The van der Waals surface area contributed by atoms with Crippen molar-refractivity contribution in [2.24, 2.45) is 5.92 Å². The predicted octanol–water partition coefficient (Wildman–Crippen LogP) is 2.22. The summed E-state index contributed by atoms with van der Waals surface area (Å²) >= 11 is 0. The van der Waals surface area contributed by atoms with Gasteiger partial charge in [-0.1, -0.05) is 6.92 Å². The number of rotatable bonds is 1. The first-order valence-corrected chi connectivity index (χ1v) is 5.84. The summed E-state index contributed by atoms with van der Waals surface area (Å²) in [5.74, 6) is 0.276. The smallest absolute Gasteiger partial charge is 0.410 e. The Bertz CT molecular complexity index is 280. The van der Waals surface area contributed by atoms with Crippen LogP contribution in [-0.4, -0.2) is 35.5 Å². The molecule has 1 rings (SSSR count). The Balaban J connectivity index is 2.52. The van der Waals surface area contributed by atoms with E-state index in [2.05, 4.69) is 0 Å². The van der Waals surface area contributed by atoms with E-state index in [1.165, 1.54) is 4.90 Å². The Morgan fingerprint density at radius 1 is 1.50 bits per heavy atom. The molecular formula is C12H21NO3. The van der Waals surface area contributed by atoms with E-state index in [-0.39, 0.29) is 24.3 Å². The van der Waals surface area contributed by atoms with Gasteiger partial charge in [0.05, 0.1) is 6.54 Å². The van der Waals surface area contributed by atoms with Gasteiger partial charge in [-0.3, -0.25) is 4.79 Å². The van der Waals surface area contributed by atoms with Gasteiger partial charge in [0.25, 0.3) is 0 Å². The monoisotopic (exact) mass is 227 g/mol. The number of amides is 1. The van der Waals surface area contributed by atoms with Crippen molar-refractivity contribution < 1.29 is 14.3 Å². The minimum Gasteiger partial charge on any atom is -0.444 e. The third-order valence-electron chi connectivity index (χ3n) is 2.69. The van der Waals surface area contributed by atoms with Crippen molar-refractivity contribution in [3.8, 4) is 0 Å². The van der Waals surface area contributed by atoms with Crippen molar-refractivity contribution in [3.05, 3.63) is 0 Å². The molecule has 0 aromatic heterocycles. The zero-order valence-corrected chi connectivity index (χ0v) is 10.6.